The number of aryl methyl sites for hydroxylation is 1. The first-order valence-electron chi connectivity index (χ1n) is 5.88. The second-order valence-corrected chi connectivity index (χ2v) is 4.32. The summed E-state index contributed by atoms with van der Waals surface area (Å²) < 4.78 is 5.12. The second kappa shape index (κ2) is 4.27. The topological polar surface area (TPSA) is 80.7 Å². The van der Waals surface area contributed by atoms with Crippen molar-refractivity contribution in [1.82, 2.24) is 15.1 Å². The van der Waals surface area contributed by atoms with Gasteiger partial charge in [0.15, 0.2) is 0 Å². The van der Waals surface area contributed by atoms with Crippen LogP contribution in [0.3, 0.4) is 0 Å². The minimum atomic E-state index is 0.507. The van der Waals surface area contributed by atoms with Crippen molar-refractivity contribution in [3.05, 3.63) is 35.7 Å². The van der Waals surface area contributed by atoms with E-state index >= 15 is 0 Å². The zero-order valence-electron chi connectivity index (χ0n) is 10.1. The Bertz CT molecular complexity index is 683. The summed E-state index contributed by atoms with van der Waals surface area (Å²) in [5.74, 6) is 1.15. The lowest BCUT2D eigenvalue weighted by Crippen LogP contribution is -2.02. The molecule has 0 unspecified atom stereocenters. The number of fused-ring (bicyclic) bond motifs is 1. The first-order chi connectivity index (χ1) is 8.76. The van der Waals surface area contributed by atoms with Gasteiger partial charge in [-0.25, -0.2) is 0 Å². The van der Waals surface area contributed by atoms with Gasteiger partial charge in [-0.05, 0) is 25.1 Å². The summed E-state index contributed by atoms with van der Waals surface area (Å²) in [7, 11) is 0. The molecule has 0 saturated carbocycles. The van der Waals surface area contributed by atoms with Gasteiger partial charge < -0.3 is 15.2 Å². The van der Waals surface area contributed by atoms with Gasteiger partial charge >= 0.3 is 0 Å². The molecule has 1 aromatic carbocycles. The molecule has 0 radical (unpaired) electrons. The third-order valence-electron chi connectivity index (χ3n) is 2.84. The Hall–Kier alpha value is -2.14. The normalized spacial score (nSPS) is 11.2. The molecule has 0 bridgehead atoms. The Morgan fingerprint density at radius 3 is 3.06 bits per heavy atom. The van der Waals surface area contributed by atoms with E-state index in [-0.39, 0.29) is 0 Å². The standard InChI is InChI=1S/C13H14N4O/c1-8-2-3-10-9(6-8)7-11(15-10)13-16-12(4-5-14)18-17-13/h2-3,6-7,15H,4-5,14H2,1H3. The molecule has 3 N–H and O–H groups in total. The van der Waals surface area contributed by atoms with E-state index in [2.05, 4.69) is 40.2 Å². The van der Waals surface area contributed by atoms with E-state index in [1.165, 1.54) is 5.56 Å². The van der Waals surface area contributed by atoms with E-state index in [1.807, 2.05) is 6.07 Å². The number of hydrogen-bond donors (Lipinski definition) is 2. The summed E-state index contributed by atoms with van der Waals surface area (Å²) in [6, 6.07) is 8.27. The van der Waals surface area contributed by atoms with Crippen LogP contribution in [0.25, 0.3) is 22.4 Å². The molecule has 92 valence electrons. The molecule has 0 atom stereocenters. The highest BCUT2D eigenvalue weighted by atomic mass is 16.5. The molecule has 3 rings (SSSR count). The smallest absolute Gasteiger partial charge is 0.228 e. The average Bonchev–Trinajstić information content (AvgIpc) is 2.94. The number of nitrogens with two attached hydrogens (primary N) is 1. The van der Waals surface area contributed by atoms with Gasteiger partial charge in [-0.2, -0.15) is 4.98 Å². The lowest BCUT2D eigenvalue weighted by atomic mass is 10.2. The lowest BCUT2D eigenvalue weighted by Gasteiger charge is -1.90. The Morgan fingerprint density at radius 2 is 2.22 bits per heavy atom. The Labute approximate surface area is 104 Å². The average molecular weight is 242 g/mol. The van der Waals surface area contributed by atoms with Crippen LogP contribution in [0.2, 0.25) is 0 Å². The third-order valence-corrected chi connectivity index (χ3v) is 2.84. The van der Waals surface area contributed by atoms with Crippen LogP contribution < -0.4 is 5.73 Å². The number of H-pyrrole nitrogens is 1. The predicted octanol–water partition coefficient (Wildman–Crippen LogP) is 2.03. The SMILES string of the molecule is Cc1ccc2[nH]c(-c3noc(CCN)n3)cc2c1. The molecule has 0 aliphatic heterocycles. The maximum Gasteiger partial charge on any atom is 0.228 e. The fourth-order valence-electron chi connectivity index (χ4n) is 1.96. The summed E-state index contributed by atoms with van der Waals surface area (Å²) in [4.78, 5) is 7.58. The number of nitrogens with one attached hydrogen (secondary N) is 1. The highest BCUT2D eigenvalue weighted by Crippen LogP contribution is 2.22. The van der Waals surface area contributed by atoms with Crippen molar-refractivity contribution in [2.75, 3.05) is 6.54 Å². The predicted molar refractivity (Wildman–Crippen MR) is 69.1 cm³/mol. The van der Waals surface area contributed by atoms with Gasteiger partial charge in [0.2, 0.25) is 11.7 Å². The first-order valence-corrected chi connectivity index (χ1v) is 5.88. The maximum atomic E-state index is 5.45. The monoisotopic (exact) mass is 242 g/mol. The van der Waals surface area contributed by atoms with Gasteiger partial charge in [0.25, 0.3) is 0 Å². The van der Waals surface area contributed by atoms with E-state index in [4.69, 9.17) is 10.3 Å². The molecule has 0 fully saturated rings. The first kappa shape index (κ1) is 11.0. The Balaban J connectivity index is 2.02. The van der Waals surface area contributed by atoms with Crippen molar-refractivity contribution in [2.45, 2.75) is 13.3 Å². The second-order valence-electron chi connectivity index (χ2n) is 4.32. The molecule has 5 nitrogen and oxygen atoms in total. The van der Waals surface area contributed by atoms with Crippen molar-refractivity contribution in [3.63, 3.8) is 0 Å². The van der Waals surface area contributed by atoms with Crippen LogP contribution in [0.5, 0.6) is 0 Å². The van der Waals surface area contributed by atoms with Gasteiger partial charge in [-0.1, -0.05) is 16.8 Å². The molecular weight excluding hydrogens is 228 g/mol. The van der Waals surface area contributed by atoms with Crippen molar-refractivity contribution >= 4 is 10.9 Å². The van der Waals surface area contributed by atoms with Gasteiger partial charge in [0.1, 0.15) is 0 Å². The molecule has 0 aliphatic rings. The van der Waals surface area contributed by atoms with E-state index in [9.17, 15) is 0 Å². The van der Waals surface area contributed by atoms with Crippen molar-refractivity contribution in [1.29, 1.82) is 0 Å². The van der Waals surface area contributed by atoms with Crippen LogP contribution in [0.1, 0.15) is 11.5 Å². The fraction of sp³-hybridized carbons (Fsp3) is 0.231. The summed E-state index contributed by atoms with van der Waals surface area (Å²) in [5, 5.41) is 5.10. The summed E-state index contributed by atoms with van der Waals surface area (Å²) in [6.45, 7) is 2.58. The zero-order valence-corrected chi connectivity index (χ0v) is 10.1. The molecule has 0 amide bonds. The molecule has 2 heterocycles. The lowest BCUT2D eigenvalue weighted by molar-refractivity contribution is 0.380. The van der Waals surface area contributed by atoms with Crippen LogP contribution in [-0.4, -0.2) is 21.7 Å². The number of aromatic nitrogens is 3. The minimum Gasteiger partial charge on any atom is -0.352 e. The van der Waals surface area contributed by atoms with Gasteiger partial charge in [-0.15, -0.1) is 0 Å². The minimum absolute atomic E-state index is 0.507. The van der Waals surface area contributed by atoms with Crippen molar-refractivity contribution < 1.29 is 4.52 Å². The highest BCUT2D eigenvalue weighted by Gasteiger charge is 2.10. The molecule has 0 saturated heterocycles. The molecular formula is C13H14N4O. The van der Waals surface area contributed by atoms with E-state index in [0.29, 0.717) is 24.7 Å². The van der Waals surface area contributed by atoms with Crippen molar-refractivity contribution in [3.8, 4) is 11.5 Å². The number of hydrogen-bond acceptors (Lipinski definition) is 4. The number of rotatable bonds is 3. The largest absolute Gasteiger partial charge is 0.352 e. The van der Waals surface area contributed by atoms with Gasteiger partial charge in [0.05, 0.1) is 5.69 Å². The van der Waals surface area contributed by atoms with Crippen LogP contribution in [0.4, 0.5) is 0 Å². The third kappa shape index (κ3) is 1.89. The number of aromatic amines is 1. The fourth-order valence-corrected chi connectivity index (χ4v) is 1.96. The maximum absolute atomic E-state index is 5.45. The van der Waals surface area contributed by atoms with Gasteiger partial charge in [-0.3, -0.25) is 0 Å². The van der Waals surface area contributed by atoms with Crippen LogP contribution >= 0.6 is 0 Å². The number of benzene rings is 1. The molecule has 2 aromatic heterocycles. The van der Waals surface area contributed by atoms with Gasteiger partial charge in [0, 0.05) is 23.9 Å². The Kier molecular flexibility index (Phi) is 2.60. The van der Waals surface area contributed by atoms with E-state index < -0.39 is 0 Å². The summed E-state index contributed by atoms with van der Waals surface area (Å²) in [6.07, 6.45) is 0.604. The molecule has 0 aliphatic carbocycles. The number of nitrogens with zero attached hydrogens (tertiary/aromatic N) is 2. The molecule has 0 spiro atoms. The molecule has 5 heteroatoms. The Morgan fingerprint density at radius 1 is 1.33 bits per heavy atom. The van der Waals surface area contributed by atoms with E-state index in [1.54, 1.807) is 0 Å². The quantitative estimate of drug-likeness (QED) is 0.736. The summed E-state index contributed by atoms with van der Waals surface area (Å²) >= 11 is 0. The van der Waals surface area contributed by atoms with Crippen molar-refractivity contribution in [2.24, 2.45) is 5.73 Å². The zero-order chi connectivity index (χ0) is 12.5. The van der Waals surface area contributed by atoms with Crippen LogP contribution in [-0.2, 0) is 6.42 Å². The molecule has 3 aromatic rings. The van der Waals surface area contributed by atoms with E-state index in [0.717, 1.165) is 16.6 Å². The van der Waals surface area contributed by atoms with Crippen LogP contribution in [0, 0.1) is 6.92 Å². The summed E-state index contributed by atoms with van der Waals surface area (Å²) in [5.41, 5.74) is 8.61. The van der Waals surface area contributed by atoms with Crippen LogP contribution in [0.15, 0.2) is 28.8 Å². The molecule has 18 heavy (non-hydrogen) atoms. The highest BCUT2D eigenvalue weighted by molar-refractivity contribution is 5.85.